The van der Waals surface area contributed by atoms with Gasteiger partial charge < -0.3 is 9.84 Å². The van der Waals surface area contributed by atoms with Crippen LogP contribution >= 0.6 is 23.2 Å². The quantitative estimate of drug-likeness (QED) is 0.881. The first-order valence-electron chi connectivity index (χ1n) is 6.01. The topological polar surface area (TPSA) is 29.5 Å². The molecule has 2 aromatic carbocycles. The average Bonchev–Trinajstić information content (AvgIpc) is 2.41. The Morgan fingerprint density at radius 2 is 1.90 bits per heavy atom. The maximum atomic E-state index is 13.0. The van der Waals surface area contributed by atoms with Crippen molar-refractivity contribution in [1.82, 2.24) is 0 Å². The van der Waals surface area contributed by atoms with Crippen molar-refractivity contribution in [2.45, 2.75) is 19.6 Å². The Kier molecular flexibility index (Phi) is 4.86. The third kappa shape index (κ3) is 3.63. The van der Waals surface area contributed by atoms with Crippen LogP contribution in [-0.4, -0.2) is 5.11 Å². The molecular formula is C15H13Cl2FO2. The first kappa shape index (κ1) is 15.1. The van der Waals surface area contributed by atoms with Crippen LogP contribution in [0.2, 0.25) is 10.0 Å². The van der Waals surface area contributed by atoms with E-state index in [-0.39, 0.29) is 11.6 Å². The molecule has 0 spiro atoms. The van der Waals surface area contributed by atoms with Crippen LogP contribution in [0.1, 0.15) is 24.2 Å². The van der Waals surface area contributed by atoms with Crippen molar-refractivity contribution in [3.8, 4) is 5.75 Å². The second-order valence-corrected chi connectivity index (χ2v) is 5.22. The highest BCUT2D eigenvalue weighted by molar-refractivity contribution is 6.32. The normalized spacial score (nSPS) is 12.2. The van der Waals surface area contributed by atoms with Crippen molar-refractivity contribution in [3.05, 3.63) is 63.4 Å². The van der Waals surface area contributed by atoms with E-state index in [9.17, 15) is 9.50 Å². The van der Waals surface area contributed by atoms with Crippen molar-refractivity contribution < 1.29 is 14.2 Å². The van der Waals surface area contributed by atoms with E-state index in [4.69, 9.17) is 27.9 Å². The smallest absolute Gasteiger partial charge is 0.141 e. The molecule has 20 heavy (non-hydrogen) atoms. The lowest BCUT2D eigenvalue weighted by Gasteiger charge is -2.11. The van der Waals surface area contributed by atoms with Crippen LogP contribution in [0.5, 0.6) is 5.75 Å². The summed E-state index contributed by atoms with van der Waals surface area (Å²) in [5, 5.41) is 9.92. The summed E-state index contributed by atoms with van der Waals surface area (Å²) in [6, 6.07) is 9.48. The van der Waals surface area contributed by atoms with Crippen LogP contribution in [0, 0.1) is 5.82 Å². The Hall–Kier alpha value is -1.29. The minimum atomic E-state index is -0.586. The van der Waals surface area contributed by atoms with Gasteiger partial charge in [0.1, 0.15) is 18.2 Å². The minimum absolute atomic E-state index is 0.0571. The van der Waals surface area contributed by atoms with E-state index in [1.54, 1.807) is 31.2 Å². The number of halogens is 3. The van der Waals surface area contributed by atoms with Gasteiger partial charge in [0, 0.05) is 0 Å². The Morgan fingerprint density at radius 1 is 1.15 bits per heavy atom. The Bertz CT molecular complexity index is 615. The van der Waals surface area contributed by atoms with Crippen LogP contribution in [0.25, 0.3) is 0 Å². The zero-order chi connectivity index (χ0) is 14.7. The zero-order valence-electron chi connectivity index (χ0n) is 10.7. The fourth-order valence-corrected chi connectivity index (χ4v) is 2.13. The van der Waals surface area contributed by atoms with Gasteiger partial charge >= 0.3 is 0 Å². The molecule has 0 aromatic heterocycles. The molecule has 5 heteroatoms. The molecule has 2 nitrogen and oxygen atoms in total. The van der Waals surface area contributed by atoms with E-state index in [0.29, 0.717) is 16.3 Å². The van der Waals surface area contributed by atoms with E-state index in [2.05, 4.69) is 0 Å². The number of aliphatic hydroxyl groups is 1. The van der Waals surface area contributed by atoms with Crippen LogP contribution in [0.15, 0.2) is 36.4 Å². The maximum Gasteiger partial charge on any atom is 0.141 e. The summed E-state index contributed by atoms with van der Waals surface area (Å²) < 4.78 is 18.6. The van der Waals surface area contributed by atoms with Gasteiger partial charge in [0.2, 0.25) is 0 Å². The zero-order valence-corrected chi connectivity index (χ0v) is 12.2. The molecule has 0 saturated heterocycles. The number of aliphatic hydroxyl groups excluding tert-OH is 1. The second kappa shape index (κ2) is 6.44. The molecule has 106 valence electrons. The van der Waals surface area contributed by atoms with Gasteiger partial charge in [-0.2, -0.15) is 0 Å². The van der Waals surface area contributed by atoms with Gasteiger partial charge in [0.05, 0.1) is 16.1 Å². The molecule has 1 N–H and O–H groups in total. The van der Waals surface area contributed by atoms with Gasteiger partial charge in [0.25, 0.3) is 0 Å². The molecule has 0 bridgehead atoms. The molecule has 0 radical (unpaired) electrons. The van der Waals surface area contributed by atoms with Gasteiger partial charge in [-0.1, -0.05) is 35.3 Å². The van der Waals surface area contributed by atoms with E-state index < -0.39 is 11.9 Å². The summed E-state index contributed by atoms with van der Waals surface area (Å²) in [4.78, 5) is 0. The minimum Gasteiger partial charge on any atom is -0.487 e. The van der Waals surface area contributed by atoms with Crippen molar-refractivity contribution in [2.24, 2.45) is 0 Å². The van der Waals surface area contributed by atoms with Crippen molar-refractivity contribution in [1.29, 1.82) is 0 Å². The highest BCUT2D eigenvalue weighted by atomic mass is 35.5. The Balaban J connectivity index is 2.09. The van der Waals surface area contributed by atoms with Crippen molar-refractivity contribution in [2.75, 3.05) is 0 Å². The Labute approximate surface area is 126 Å². The molecule has 1 atom stereocenters. The summed E-state index contributed by atoms with van der Waals surface area (Å²) in [6.45, 7) is 1.89. The summed E-state index contributed by atoms with van der Waals surface area (Å²) in [7, 11) is 0. The third-order valence-corrected chi connectivity index (χ3v) is 3.40. The van der Waals surface area contributed by atoms with E-state index in [1.165, 1.54) is 12.1 Å². The highest BCUT2D eigenvalue weighted by Crippen LogP contribution is 2.28. The van der Waals surface area contributed by atoms with Crippen LogP contribution in [0.4, 0.5) is 4.39 Å². The molecule has 0 saturated carbocycles. The van der Waals surface area contributed by atoms with Crippen LogP contribution in [0.3, 0.4) is 0 Å². The fourth-order valence-electron chi connectivity index (χ4n) is 1.68. The summed E-state index contributed by atoms with van der Waals surface area (Å²) >= 11 is 11.8. The second-order valence-electron chi connectivity index (χ2n) is 4.40. The van der Waals surface area contributed by atoms with Gasteiger partial charge in [-0.3, -0.25) is 0 Å². The summed E-state index contributed by atoms with van der Waals surface area (Å²) in [6.07, 6.45) is -0.586. The molecule has 0 amide bonds. The average molecular weight is 315 g/mol. The molecule has 2 aromatic rings. The van der Waals surface area contributed by atoms with Gasteiger partial charge in [-0.05, 0) is 42.3 Å². The number of benzene rings is 2. The van der Waals surface area contributed by atoms with Gasteiger partial charge in [-0.25, -0.2) is 4.39 Å². The molecule has 0 aliphatic rings. The first-order chi connectivity index (χ1) is 9.47. The third-order valence-electron chi connectivity index (χ3n) is 2.82. The molecule has 0 unspecified atom stereocenters. The van der Waals surface area contributed by atoms with Gasteiger partial charge in [0.15, 0.2) is 0 Å². The standard InChI is InChI=1S/C15H13Cl2FO2/c1-9(19)11-3-5-15(13(17)7-11)20-8-10-2-4-14(18)12(16)6-10/h2-7,9,19H,8H2,1H3/t9-/m1/s1. The number of hydrogen-bond donors (Lipinski definition) is 1. The van der Waals surface area contributed by atoms with E-state index >= 15 is 0 Å². The molecular weight excluding hydrogens is 302 g/mol. The summed E-state index contributed by atoms with van der Waals surface area (Å²) in [5.41, 5.74) is 1.46. The van der Waals surface area contributed by atoms with E-state index in [0.717, 1.165) is 5.56 Å². The molecule has 0 heterocycles. The highest BCUT2D eigenvalue weighted by Gasteiger charge is 2.07. The number of hydrogen-bond acceptors (Lipinski definition) is 2. The van der Waals surface area contributed by atoms with Crippen molar-refractivity contribution in [3.63, 3.8) is 0 Å². The molecule has 0 aliphatic heterocycles. The first-order valence-corrected chi connectivity index (χ1v) is 6.77. The lowest BCUT2D eigenvalue weighted by molar-refractivity contribution is 0.199. The molecule has 2 rings (SSSR count). The molecule has 0 aliphatic carbocycles. The molecule has 0 fully saturated rings. The Morgan fingerprint density at radius 3 is 2.50 bits per heavy atom. The maximum absolute atomic E-state index is 13.0. The lowest BCUT2D eigenvalue weighted by Crippen LogP contribution is -1.98. The van der Waals surface area contributed by atoms with Crippen LogP contribution in [-0.2, 0) is 6.61 Å². The fraction of sp³-hybridized carbons (Fsp3) is 0.200. The largest absolute Gasteiger partial charge is 0.487 e. The van der Waals surface area contributed by atoms with E-state index in [1.807, 2.05) is 0 Å². The lowest BCUT2D eigenvalue weighted by atomic mass is 10.1. The number of ether oxygens (including phenoxy) is 1. The van der Waals surface area contributed by atoms with Crippen molar-refractivity contribution >= 4 is 23.2 Å². The van der Waals surface area contributed by atoms with Gasteiger partial charge in [-0.15, -0.1) is 0 Å². The SMILES string of the molecule is C[C@@H](O)c1ccc(OCc2ccc(F)c(Cl)c2)c(Cl)c1. The predicted octanol–water partition coefficient (Wildman–Crippen LogP) is 4.76. The summed E-state index contributed by atoms with van der Waals surface area (Å²) in [5.74, 6) is 0.0336. The monoisotopic (exact) mass is 314 g/mol. The van der Waals surface area contributed by atoms with Crippen LogP contribution < -0.4 is 4.74 Å². The predicted molar refractivity (Wildman–Crippen MR) is 77.8 cm³/mol. The number of rotatable bonds is 4.